The molecule has 1 saturated heterocycles. The van der Waals surface area contributed by atoms with Crippen molar-refractivity contribution in [2.45, 2.75) is 11.8 Å². The highest BCUT2D eigenvalue weighted by atomic mass is 16.2. The standard InChI is InChI=1S/C18H13NO2.C2H3N3/c20-17-15-13-9-5-1-2-6-10(9)14(16(15)18(21)19-17)12-8-4-3-7-11(12)13;1-2-4-5-3-1/h1-8,13-16H,(H,19,20,21);1-2H,(H,3,4,5). The summed E-state index contributed by atoms with van der Waals surface area (Å²) < 4.78 is 0. The molecule has 3 aliphatic carbocycles. The van der Waals surface area contributed by atoms with Crippen LogP contribution in [0.15, 0.2) is 60.9 Å². The lowest BCUT2D eigenvalue weighted by molar-refractivity contribution is -0.126. The average Bonchev–Trinajstić information content (AvgIpc) is 3.35. The van der Waals surface area contributed by atoms with Crippen molar-refractivity contribution in [3.05, 3.63) is 83.2 Å². The molecule has 2 bridgehead atoms. The number of imide groups is 1. The molecule has 2 atom stereocenters. The van der Waals surface area contributed by atoms with Gasteiger partial charge in [-0.2, -0.15) is 15.4 Å². The van der Waals surface area contributed by atoms with Crippen LogP contribution in [0.5, 0.6) is 0 Å². The largest absolute Gasteiger partial charge is 0.296 e. The Labute approximate surface area is 149 Å². The van der Waals surface area contributed by atoms with Gasteiger partial charge in [-0.25, -0.2) is 0 Å². The highest BCUT2D eigenvalue weighted by molar-refractivity contribution is 6.07. The van der Waals surface area contributed by atoms with Gasteiger partial charge in [-0.05, 0) is 22.3 Å². The molecule has 128 valence electrons. The molecule has 1 aliphatic heterocycles. The Morgan fingerprint density at radius 2 is 1.04 bits per heavy atom. The predicted molar refractivity (Wildman–Crippen MR) is 93.1 cm³/mol. The van der Waals surface area contributed by atoms with E-state index < -0.39 is 0 Å². The van der Waals surface area contributed by atoms with Crippen LogP contribution in [0.3, 0.4) is 0 Å². The number of nitrogens with zero attached hydrogens (tertiary/aromatic N) is 2. The second-order valence-corrected chi connectivity index (χ2v) is 6.77. The van der Waals surface area contributed by atoms with Crippen LogP contribution < -0.4 is 5.32 Å². The zero-order chi connectivity index (χ0) is 17.7. The first-order valence-electron chi connectivity index (χ1n) is 8.59. The van der Waals surface area contributed by atoms with Gasteiger partial charge in [0.2, 0.25) is 11.8 Å². The first kappa shape index (κ1) is 15.0. The number of hydrogen-bond donors (Lipinski definition) is 2. The van der Waals surface area contributed by atoms with Gasteiger partial charge in [0, 0.05) is 11.8 Å². The number of H-pyrrole nitrogens is 1. The predicted octanol–water partition coefficient (Wildman–Crippen LogP) is 1.97. The Morgan fingerprint density at radius 1 is 0.654 bits per heavy atom. The van der Waals surface area contributed by atoms with Gasteiger partial charge in [0.1, 0.15) is 0 Å². The third kappa shape index (κ3) is 1.98. The molecule has 6 heteroatoms. The monoisotopic (exact) mass is 344 g/mol. The van der Waals surface area contributed by atoms with E-state index in [1.54, 1.807) is 12.4 Å². The van der Waals surface area contributed by atoms with Crippen LogP contribution in [-0.4, -0.2) is 27.2 Å². The highest BCUT2D eigenvalue weighted by Crippen LogP contribution is 2.59. The van der Waals surface area contributed by atoms with Crippen LogP contribution >= 0.6 is 0 Å². The normalized spacial score (nSPS) is 26.9. The highest BCUT2D eigenvalue weighted by Gasteiger charge is 2.58. The zero-order valence-corrected chi connectivity index (χ0v) is 13.8. The molecule has 7 rings (SSSR count). The number of carbonyl (C=O) groups excluding carboxylic acids is 2. The lowest BCUT2D eigenvalue weighted by atomic mass is 9.55. The summed E-state index contributed by atoms with van der Waals surface area (Å²) >= 11 is 0. The van der Waals surface area contributed by atoms with Crippen LogP contribution in [0.25, 0.3) is 0 Å². The molecule has 6 nitrogen and oxygen atoms in total. The Balaban J connectivity index is 0.000000262. The van der Waals surface area contributed by atoms with Crippen molar-refractivity contribution < 1.29 is 9.59 Å². The first-order valence-corrected chi connectivity index (χ1v) is 8.59. The molecule has 2 amide bonds. The third-order valence-corrected chi connectivity index (χ3v) is 5.62. The van der Waals surface area contributed by atoms with Crippen LogP contribution in [-0.2, 0) is 9.59 Å². The lowest BCUT2D eigenvalue weighted by Crippen LogP contribution is -2.41. The van der Waals surface area contributed by atoms with E-state index in [9.17, 15) is 9.59 Å². The summed E-state index contributed by atoms with van der Waals surface area (Å²) in [6.07, 6.45) is 3.17. The smallest absolute Gasteiger partial charge is 0.231 e. The first-order chi connectivity index (χ1) is 12.8. The summed E-state index contributed by atoms with van der Waals surface area (Å²) in [6.45, 7) is 0. The second kappa shape index (κ2) is 5.62. The van der Waals surface area contributed by atoms with E-state index in [1.165, 1.54) is 22.3 Å². The molecule has 0 spiro atoms. The van der Waals surface area contributed by atoms with E-state index in [1.807, 2.05) is 24.3 Å². The minimum Gasteiger partial charge on any atom is -0.296 e. The van der Waals surface area contributed by atoms with Gasteiger partial charge in [-0.1, -0.05) is 48.5 Å². The average molecular weight is 344 g/mol. The van der Waals surface area contributed by atoms with Crippen LogP contribution in [0.2, 0.25) is 0 Å². The van der Waals surface area contributed by atoms with Gasteiger partial charge in [-0.3, -0.25) is 14.9 Å². The van der Waals surface area contributed by atoms with Gasteiger partial charge >= 0.3 is 0 Å². The van der Waals surface area contributed by atoms with Crippen molar-refractivity contribution in [3.8, 4) is 0 Å². The van der Waals surface area contributed by atoms with E-state index in [0.29, 0.717) is 0 Å². The fraction of sp³-hybridized carbons (Fsp3) is 0.200. The minimum absolute atomic E-state index is 0.0128. The molecular formula is C20H16N4O2. The summed E-state index contributed by atoms with van der Waals surface area (Å²) in [5.41, 5.74) is 4.86. The maximum Gasteiger partial charge on any atom is 0.231 e. The van der Waals surface area contributed by atoms with Crippen molar-refractivity contribution in [1.29, 1.82) is 0 Å². The number of amides is 2. The molecule has 26 heavy (non-hydrogen) atoms. The molecule has 2 N–H and O–H groups in total. The fourth-order valence-corrected chi connectivity index (χ4v) is 4.76. The Morgan fingerprint density at radius 3 is 1.35 bits per heavy atom. The molecule has 1 fully saturated rings. The number of aromatic amines is 1. The minimum atomic E-state index is -0.243. The zero-order valence-electron chi connectivity index (χ0n) is 13.8. The van der Waals surface area contributed by atoms with Crippen molar-refractivity contribution in [2.24, 2.45) is 11.8 Å². The van der Waals surface area contributed by atoms with Gasteiger partial charge in [0.15, 0.2) is 0 Å². The number of carbonyl (C=O) groups is 2. The van der Waals surface area contributed by atoms with Crippen molar-refractivity contribution in [2.75, 3.05) is 0 Å². The van der Waals surface area contributed by atoms with Crippen LogP contribution in [0, 0.1) is 11.8 Å². The van der Waals surface area contributed by atoms with E-state index in [4.69, 9.17) is 0 Å². The Bertz CT molecular complexity index is 868. The topological polar surface area (TPSA) is 87.7 Å². The second-order valence-electron chi connectivity index (χ2n) is 6.77. The van der Waals surface area contributed by atoms with Crippen LogP contribution in [0.4, 0.5) is 0 Å². The van der Waals surface area contributed by atoms with Gasteiger partial charge in [-0.15, -0.1) is 0 Å². The van der Waals surface area contributed by atoms with E-state index in [0.717, 1.165) is 0 Å². The SMILES string of the molecule is O=C1NC(=O)C2C3c4ccccc4C(c4ccccc43)C12.c1cn[nH]n1. The molecule has 4 aliphatic rings. The Hall–Kier alpha value is -3.28. The molecular weight excluding hydrogens is 328 g/mol. The summed E-state index contributed by atoms with van der Waals surface area (Å²) in [5.74, 6) is -0.676. The third-order valence-electron chi connectivity index (χ3n) is 5.62. The molecule has 3 aromatic rings. The lowest BCUT2D eigenvalue weighted by Gasteiger charge is -2.45. The number of rotatable bonds is 0. The molecule has 0 saturated carbocycles. The molecule has 2 aromatic carbocycles. The molecule has 1 aromatic heterocycles. The van der Waals surface area contributed by atoms with E-state index in [-0.39, 0.29) is 35.5 Å². The summed E-state index contributed by atoms with van der Waals surface area (Å²) in [6, 6.07) is 16.5. The van der Waals surface area contributed by atoms with Crippen molar-refractivity contribution >= 4 is 11.8 Å². The summed E-state index contributed by atoms with van der Waals surface area (Å²) in [4.78, 5) is 24.6. The maximum atomic E-state index is 12.3. The van der Waals surface area contributed by atoms with Crippen LogP contribution in [0.1, 0.15) is 34.1 Å². The van der Waals surface area contributed by atoms with Crippen molar-refractivity contribution in [1.82, 2.24) is 20.7 Å². The molecule has 2 heterocycles. The van der Waals surface area contributed by atoms with Gasteiger partial charge in [0.25, 0.3) is 0 Å². The molecule has 2 unspecified atom stereocenters. The fourth-order valence-electron chi connectivity index (χ4n) is 4.76. The number of benzene rings is 2. The summed E-state index contributed by atoms with van der Waals surface area (Å²) in [5, 5.41) is 11.9. The summed E-state index contributed by atoms with van der Waals surface area (Å²) in [7, 11) is 0. The van der Waals surface area contributed by atoms with Gasteiger partial charge < -0.3 is 0 Å². The van der Waals surface area contributed by atoms with Gasteiger partial charge in [0.05, 0.1) is 24.2 Å². The van der Waals surface area contributed by atoms with E-state index in [2.05, 4.69) is 45.0 Å². The van der Waals surface area contributed by atoms with Crippen molar-refractivity contribution in [3.63, 3.8) is 0 Å². The maximum absolute atomic E-state index is 12.3. The number of nitrogens with one attached hydrogen (secondary N) is 2. The number of hydrogen-bond acceptors (Lipinski definition) is 4. The van der Waals surface area contributed by atoms with E-state index >= 15 is 0 Å². The molecule has 0 radical (unpaired) electrons. The quantitative estimate of drug-likeness (QED) is 0.610. The Kier molecular flexibility index (Phi) is 3.25. The number of aromatic nitrogens is 3.